The molecule has 2 aliphatic rings. The highest BCUT2D eigenvalue weighted by Gasteiger charge is 2.54. The van der Waals surface area contributed by atoms with E-state index in [2.05, 4.69) is 19.2 Å². The molecule has 150 valence electrons. The lowest BCUT2D eigenvalue weighted by Gasteiger charge is -2.33. The Kier molecular flexibility index (Phi) is 4.65. The first-order chi connectivity index (χ1) is 13.8. The zero-order chi connectivity index (χ0) is 20.8. The van der Waals surface area contributed by atoms with Crippen LogP contribution >= 0.6 is 0 Å². The number of nitrogens with zero attached hydrogens (tertiary/aromatic N) is 2. The average Bonchev–Trinajstić information content (AvgIpc) is 3.13. The fourth-order valence-corrected chi connectivity index (χ4v) is 4.36. The summed E-state index contributed by atoms with van der Waals surface area (Å²) in [5.74, 6) is -0.0952. The first kappa shape index (κ1) is 19.2. The summed E-state index contributed by atoms with van der Waals surface area (Å²) in [6.45, 7) is 6.75. The van der Waals surface area contributed by atoms with Crippen molar-refractivity contribution in [2.45, 2.75) is 45.8 Å². The fourth-order valence-electron chi connectivity index (χ4n) is 4.36. The van der Waals surface area contributed by atoms with Gasteiger partial charge in [-0.15, -0.1) is 0 Å². The molecule has 6 heteroatoms. The van der Waals surface area contributed by atoms with Crippen molar-refractivity contribution in [3.63, 3.8) is 0 Å². The van der Waals surface area contributed by atoms with E-state index in [1.54, 1.807) is 23.1 Å². The molecule has 1 saturated heterocycles. The van der Waals surface area contributed by atoms with Gasteiger partial charge >= 0.3 is 6.03 Å². The van der Waals surface area contributed by atoms with Gasteiger partial charge in [0.25, 0.3) is 11.8 Å². The van der Waals surface area contributed by atoms with Crippen LogP contribution in [0.2, 0.25) is 0 Å². The maximum atomic E-state index is 13.5. The van der Waals surface area contributed by atoms with Crippen molar-refractivity contribution < 1.29 is 14.4 Å². The second-order valence-corrected chi connectivity index (χ2v) is 8.39. The number of hydrogen-bond acceptors (Lipinski definition) is 3. The topological polar surface area (TPSA) is 69.7 Å². The number of carbonyl (C=O) groups is 3. The van der Waals surface area contributed by atoms with Crippen molar-refractivity contribution in [3.8, 4) is 0 Å². The van der Waals surface area contributed by atoms with Gasteiger partial charge in [0, 0.05) is 18.7 Å². The van der Waals surface area contributed by atoms with Crippen molar-refractivity contribution in [2.75, 3.05) is 4.90 Å². The minimum atomic E-state index is -0.922. The average molecular weight is 391 g/mol. The van der Waals surface area contributed by atoms with Gasteiger partial charge in [0.1, 0.15) is 5.54 Å². The molecule has 2 aromatic rings. The molecule has 1 N–H and O–H groups in total. The molecule has 1 atom stereocenters. The molecule has 2 aromatic carbocycles. The summed E-state index contributed by atoms with van der Waals surface area (Å²) in [4.78, 5) is 41.7. The highest BCUT2D eigenvalue weighted by molar-refractivity contribution is 6.23. The highest BCUT2D eigenvalue weighted by atomic mass is 16.2. The van der Waals surface area contributed by atoms with E-state index in [-0.39, 0.29) is 23.8 Å². The van der Waals surface area contributed by atoms with E-state index >= 15 is 0 Å². The molecule has 1 fully saturated rings. The largest absolute Gasteiger partial charge is 0.348 e. The Labute approximate surface area is 170 Å². The van der Waals surface area contributed by atoms with Gasteiger partial charge in [-0.3, -0.25) is 9.59 Å². The molecule has 1 unspecified atom stereocenters. The summed E-state index contributed by atoms with van der Waals surface area (Å²) in [5.41, 5.74) is 1.97. The Morgan fingerprint density at radius 3 is 2.48 bits per heavy atom. The number of fused-ring (bicyclic) bond motifs is 1. The van der Waals surface area contributed by atoms with Crippen molar-refractivity contribution >= 4 is 23.5 Å². The Hall–Kier alpha value is -3.15. The van der Waals surface area contributed by atoms with Crippen LogP contribution < -0.4 is 10.2 Å². The molecule has 0 aromatic heterocycles. The molecule has 2 aliphatic heterocycles. The van der Waals surface area contributed by atoms with Crippen LogP contribution in [-0.2, 0) is 17.9 Å². The third-order valence-electron chi connectivity index (χ3n) is 5.70. The van der Waals surface area contributed by atoms with Crippen LogP contribution in [0.3, 0.4) is 0 Å². The van der Waals surface area contributed by atoms with Crippen LogP contribution in [-0.4, -0.2) is 28.3 Å². The SMILES string of the molecule is CC(C)CC1(C)C(=O)N(c2ccc3c(c2)CNC3=O)C(=O)N1Cc1ccccc1. The second kappa shape index (κ2) is 7.03. The van der Waals surface area contributed by atoms with Gasteiger partial charge in [0.2, 0.25) is 0 Å². The smallest absolute Gasteiger partial charge is 0.332 e. The molecule has 0 spiro atoms. The lowest BCUT2D eigenvalue weighted by atomic mass is 9.89. The zero-order valence-corrected chi connectivity index (χ0v) is 16.9. The molecule has 0 aliphatic carbocycles. The molecule has 4 rings (SSSR count). The van der Waals surface area contributed by atoms with Crippen molar-refractivity contribution in [1.29, 1.82) is 0 Å². The zero-order valence-electron chi connectivity index (χ0n) is 16.9. The van der Waals surface area contributed by atoms with E-state index in [0.29, 0.717) is 30.8 Å². The lowest BCUT2D eigenvalue weighted by molar-refractivity contribution is -0.125. The quantitative estimate of drug-likeness (QED) is 0.790. The maximum absolute atomic E-state index is 13.5. The van der Waals surface area contributed by atoms with Gasteiger partial charge in [0.05, 0.1) is 5.69 Å². The van der Waals surface area contributed by atoms with E-state index in [1.165, 1.54) is 4.90 Å². The number of imide groups is 1. The van der Waals surface area contributed by atoms with Crippen LogP contribution in [0.5, 0.6) is 0 Å². The highest BCUT2D eigenvalue weighted by Crippen LogP contribution is 2.38. The third-order valence-corrected chi connectivity index (χ3v) is 5.70. The normalized spacial score (nSPS) is 21.2. The Bertz CT molecular complexity index is 986. The van der Waals surface area contributed by atoms with Crippen LogP contribution in [0.25, 0.3) is 0 Å². The van der Waals surface area contributed by atoms with Gasteiger partial charge in [0.15, 0.2) is 0 Å². The summed E-state index contributed by atoms with van der Waals surface area (Å²) >= 11 is 0. The van der Waals surface area contributed by atoms with Crippen LogP contribution in [0.4, 0.5) is 10.5 Å². The monoisotopic (exact) mass is 391 g/mol. The van der Waals surface area contributed by atoms with Gasteiger partial charge in [-0.05, 0) is 48.6 Å². The predicted molar refractivity (Wildman–Crippen MR) is 110 cm³/mol. The summed E-state index contributed by atoms with van der Waals surface area (Å²) < 4.78 is 0. The molecule has 0 radical (unpaired) electrons. The third kappa shape index (κ3) is 3.18. The summed E-state index contributed by atoms with van der Waals surface area (Å²) in [7, 11) is 0. The lowest BCUT2D eigenvalue weighted by Crippen LogP contribution is -2.47. The predicted octanol–water partition coefficient (Wildman–Crippen LogP) is 3.70. The number of anilines is 1. The number of hydrogen-bond donors (Lipinski definition) is 1. The number of urea groups is 1. The van der Waals surface area contributed by atoms with E-state index in [1.807, 2.05) is 37.3 Å². The Balaban J connectivity index is 1.73. The number of carbonyl (C=O) groups excluding carboxylic acids is 3. The molecule has 2 heterocycles. The standard InChI is InChI=1S/C23H25N3O3/c1-15(2)12-23(3)21(28)26(18-9-10-19-17(11-18)13-24-20(19)27)22(29)25(23)14-16-7-5-4-6-8-16/h4-11,15H,12-14H2,1-3H3,(H,24,27). The molecule has 0 saturated carbocycles. The molecular weight excluding hydrogens is 366 g/mol. The van der Waals surface area contributed by atoms with E-state index in [9.17, 15) is 14.4 Å². The van der Waals surface area contributed by atoms with Crippen LogP contribution in [0.1, 0.15) is 48.7 Å². The molecule has 4 amide bonds. The van der Waals surface area contributed by atoms with Gasteiger partial charge in [-0.1, -0.05) is 44.2 Å². The first-order valence-corrected chi connectivity index (χ1v) is 9.92. The van der Waals surface area contributed by atoms with Crippen molar-refractivity contribution in [2.24, 2.45) is 5.92 Å². The number of rotatable bonds is 5. The van der Waals surface area contributed by atoms with E-state index in [4.69, 9.17) is 0 Å². The Morgan fingerprint density at radius 2 is 1.79 bits per heavy atom. The van der Waals surface area contributed by atoms with E-state index < -0.39 is 5.54 Å². The molecule has 29 heavy (non-hydrogen) atoms. The molecular formula is C23H25N3O3. The molecule has 6 nitrogen and oxygen atoms in total. The minimum Gasteiger partial charge on any atom is -0.348 e. The van der Waals surface area contributed by atoms with E-state index in [0.717, 1.165) is 11.1 Å². The maximum Gasteiger partial charge on any atom is 0.332 e. The number of benzene rings is 2. The first-order valence-electron chi connectivity index (χ1n) is 9.92. The van der Waals surface area contributed by atoms with Crippen LogP contribution in [0, 0.1) is 5.92 Å². The number of amides is 4. The number of nitrogens with one attached hydrogen (secondary N) is 1. The Morgan fingerprint density at radius 1 is 1.07 bits per heavy atom. The summed E-state index contributed by atoms with van der Waals surface area (Å²) in [6, 6.07) is 14.5. The van der Waals surface area contributed by atoms with Crippen molar-refractivity contribution in [1.82, 2.24) is 10.2 Å². The molecule has 0 bridgehead atoms. The summed E-state index contributed by atoms with van der Waals surface area (Å²) in [6.07, 6.45) is 0.575. The van der Waals surface area contributed by atoms with Gasteiger partial charge < -0.3 is 10.2 Å². The minimum absolute atomic E-state index is 0.124. The summed E-state index contributed by atoms with van der Waals surface area (Å²) in [5, 5.41) is 2.77. The van der Waals surface area contributed by atoms with Crippen LogP contribution in [0.15, 0.2) is 48.5 Å². The van der Waals surface area contributed by atoms with Crippen molar-refractivity contribution in [3.05, 3.63) is 65.2 Å². The second-order valence-electron chi connectivity index (χ2n) is 8.39. The van der Waals surface area contributed by atoms with Gasteiger partial charge in [-0.25, -0.2) is 9.69 Å². The van der Waals surface area contributed by atoms with Gasteiger partial charge in [-0.2, -0.15) is 0 Å². The fraction of sp³-hybridized carbons (Fsp3) is 0.348.